The molecule has 2 aliphatic heterocycles. The molecular formula is C31H43N6O8P. The topological polar surface area (TPSA) is 174 Å². The number of anilines is 1. The van der Waals surface area contributed by atoms with Crippen LogP contribution in [0.4, 0.5) is 5.82 Å². The summed E-state index contributed by atoms with van der Waals surface area (Å²) in [4.78, 5) is 4.03. The molecule has 6 atom stereocenters. The molecule has 0 aliphatic carbocycles. The molecule has 2 fully saturated rings. The summed E-state index contributed by atoms with van der Waals surface area (Å²) >= 11 is 0. The highest BCUT2D eigenvalue weighted by molar-refractivity contribution is 7.52. The molecule has 2 aromatic heterocycles. The van der Waals surface area contributed by atoms with Crippen molar-refractivity contribution in [3.05, 3.63) is 54.5 Å². The lowest BCUT2D eigenvalue weighted by atomic mass is 9.92. The summed E-state index contributed by atoms with van der Waals surface area (Å²) < 4.78 is 57.9. The zero-order chi connectivity index (χ0) is 33.0. The van der Waals surface area contributed by atoms with Gasteiger partial charge < -0.3 is 33.9 Å². The summed E-state index contributed by atoms with van der Waals surface area (Å²) in [5.74, 6) is 0.0288. The molecule has 250 valence electrons. The van der Waals surface area contributed by atoms with Crippen LogP contribution in [0, 0.1) is 17.2 Å². The van der Waals surface area contributed by atoms with Gasteiger partial charge in [-0.1, -0.05) is 44.9 Å². The minimum Gasteiger partial charge on any atom is -0.413 e. The normalized spacial score (nSPS) is 25.7. The van der Waals surface area contributed by atoms with E-state index >= 15 is 0 Å². The Bertz CT molecular complexity index is 1550. The molecule has 0 amide bonds. The number of fused-ring (bicyclic) bond motifs is 2. The molecular weight excluding hydrogens is 615 g/mol. The predicted molar refractivity (Wildman–Crippen MR) is 167 cm³/mol. The number of nitrogen functional groups attached to an aromatic ring is 1. The number of para-hydroxylation sites is 1. The van der Waals surface area contributed by atoms with Crippen LogP contribution in [0.15, 0.2) is 48.8 Å². The van der Waals surface area contributed by atoms with E-state index in [1.807, 2.05) is 6.07 Å². The summed E-state index contributed by atoms with van der Waals surface area (Å²) in [6.07, 6.45) is 0.867. The molecule has 46 heavy (non-hydrogen) atoms. The first-order chi connectivity index (χ1) is 22.0. The monoisotopic (exact) mass is 658 g/mol. The van der Waals surface area contributed by atoms with E-state index in [1.165, 1.54) is 10.8 Å². The summed E-state index contributed by atoms with van der Waals surface area (Å²) in [5.41, 5.74) is 5.29. The van der Waals surface area contributed by atoms with Crippen LogP contribution in [-0.4, -0.2) is 71.4 Å². The van der Waals surface area contributed by atoms with E-state index in [9.17, 15) is 9.83 Å². The van der Waals surface area contributed by atoms with Crippen LogP contribution in [0.3, 0.4) is 0 Å². The van der Waals surface area contributed by atoms with Crippen LogP contribution in [0.1, 0.15) is 53.2 Å². The predicted octanol–water partition coefficient (Wildman–Crippen LogP) is 4.56. The number of hydrogen-bond acceptors (Lipinski definition) is 12. The van der Waals surface area contributed by atoms with Gasteiger partial charge in [0.05, 0.1) is 25.5 Å². The number of rotatable bonds is 16. The average molecular weight is 659 g/mol. The van der Waals surface area contributed by atoms with Crippen molar-refractivity contribution in [3.8, 4) is 11.8 Å². The Kier molecular flexibility index (Phi) is 10.7. The molecule has 5 rings (SSSR count). The molecule has 2 aliphatic rings. The molecule has 0 spiro atoms. The maximum Gasteiger partial charge on any atom is 0.459 e. The molecule has 15 heteroatoms. The van der Waals surface area contributed by atoms with Crippen molar-refractivity contribution in [2.45, 2.75) is 83.2 Å². The van der Waals surface area contributed by atoms with Gasteiger partial charge in [0, 0.05) is 6.04 Å². The van der Waals surface area contributed by atoms with Crippen LogP contribution < -0.4 is 15.3 Å². The number of ether oxygens (including phenoxy) is 5. The third-order valence-corrected chi connectivity index (χ3v) is 9.76. The van der Waals surface area contributed by atoms with E-state index in [4.69, 9.17) is 38.5 Å². The highest BCUT2D eigenvalue weighted by atomic mass is 31.2. The largest absolute Gasteiger partial charge is 0.459 e. The molecule has 3 aromatic rings. The molecule has 2 saturated heterocycles. The molecule has 0 saturated carbocycles. The molecule has 3 N–H and O–H groups in total. The fourth-order valence-electron chi connectivity index (χ4n) is 5.68. The zero-order valence-corrected chi connectivity index (χ0v) is 27.7. The third kappa shape index (κ3) is 7.38. The lowest BCUT2D eigenvalue weighted by molar-refractivity contribution is -0.204. The lowest BCUT2D eigenvalue weighted by Crippen LogP contribution is -2.40. The molecule has 14 nitrogen and oxygen atoms in total. The van der Waals surface area contributed by atoms with E-state index in [0.717, 1.165) is 12.8 Å². The Hall–Kier alpha value is -3.12. The highest BCUT2D eigenvalue weighted by Gasteiger charge is 2.65. The van der Waals surface area contributed by atoms with Gasteiger partial charge >= 0.3 is 7.75 Å². The highest BCUT2D eigenvalue weighted by Crippen LogP contribution is 2.51. The van der Waals surface area contributed by atoms with Crippen LogP contribution in [-0.2, 0) is 38.4 Å². The quantitative estimate of drug-likeness (QED) is 0.125. The molecule has 0 radical (unpaired) electrons. The van der Waals surface area contributed by atoms with Crippen molar-refractivity contribution in [2.75, 3.05) is 32.3 Å². The van der Waals surface area contributed by atoms with E-state index in [1.54, 1.807) is 57.2 Å². The number of nitrogens with two attached hydrogens (primary N) is 1. The standard InChI is InChI=1S/C31H43N6O8P/c1-6-22(7-2)16-40-20-39-15-21(3)36-46(38,45-23-11-9-8-10-12-23)41-17-25-27-28(44-30(4,5)43-27)31(18-32,42-25)26-14-13-24-29(33)34-19-35-37(24)26/h8-14,19,21-22,25,27-28H,6-7,15-17,20H2,1-5H3,(H,36,38)(H2,33,34,35)/t21-,25+,27+,28+,31-,46-/m0/s1. The zero-order valence-electron chi connectivity index (χ0n) is 26.8. The lowest BCUT2D eigenvalue weighted by Gasteiger charge is -2.29. The maximum atomic E-state index is 14.2. The summed E-state index contributed by atoms with van der Waals surface area (Å²) in [7, 11) is -4.03. The number of hydrogen-bond donors (Lipinski definition) is 2. The number of nitriles is 1. The second kappa shape index (κ2) is 14.3. The smallest absolute Gasteiger partial charge is 0.413 e. The van der Waals surface area contributed by atoms with Crippen LogP contribution in [0.2, 0.25) is 0 Å². The summed E-state index contributed by atoms with van der Waals surface area (Å²) in [6, 6.07) is 14.0. The van der Waals surface area contributed by atoms with Crippen LogP contribution >= 0.6 is 7.75 Å². The van der Waals surface area contributed by atoms with Crippen molar-refractivity contribution < 1.29 is 37.3 Å². The minimum absolute atomic E-state index is 0.112. The summed E-state index contributed by atoms with van der Waals surface area (Å²) in [6.45, 7) is 10.2. The SMILES string of the molecule is CCC(CC)COCOC[C@H](C)N[P@](=O)(OC[C@H]1O[C@@](C#N)(c2ccc3c(N)ncnn23)[C@@H]2OC(C)(C)O[C@@H]21)Oc1ccccc1. The Morgan fingerprint density at radius 1 is 1.11 bits per heavy atom. The van der Waals surface area contributed by atoms with Gasteiger partial charge in [-0.15, -0.1) is 0 Å². The molecule has 1 aromatic carbocycles. The van der Waals surface area contributed by atoms with E-state index in [2.05, 4.69) is 35.1 Å². The van der Waals surface area contributed by atoms with Crippen LogP contribution in [0.25, 0.3) is 5.52 Å². The van der Waals surface area contributed by atoms with Crippen molar-refractivity contribution in [3.63, 3.8) is 0 Å². The van der Waals surface area contributed by atoms with Gasteiger partial charge in [-0.2, -0.15) is 10.4 Å². The Labute approximate surface area is 269 Å². The van der Waals surface area contributed by atoms with Gasteiger partial charge in [0.15, 0.2) is 11.6 Å². The Morgan fingerprint density at radius 3 is 2.57 bits per heavy atom. The number of aromatic nitrogens is 3. The van der Waals surface area contributed by atoms with Crippen molar-refractivity contribution in [1.29, 1.82) is 5.26 Å². The van der Waals surface area contributed by atoms with E-state index in [-0.39, 0.29) is 25.8 Å². The fourth-order valence-corrected chi connectivity index (χ4v) is 7.21. The van der Waals surface area contributed by atoms with Gasteiger partial charge in [-0.05, 0) is 51.0 Å². The average Bonchev–Trinajstić information content (AvgIpc) is 3.69. The third-order valence-electron chi connectivity index (χ3n) is 8.06. The van der Waals surface area contributed by atoms with Crippen molar-refractivity contribution >= 4 is 19.1 Å². The van der Waals surface area contributed by atoms with Gasteiger partial charge in [-0.25, -0.2) is 19.2 Å². The van der Waals surface area contributed by atoms with Gasteiger partial charge in [0.25, 0.3) is 0 Å². The van der Waals surface area contributed by atoms with Gasteiger partial charge in [0.2, 0.25) is 5.60 Å². The number of benzene rings is 1. The molecule has 4 heterocycles. The first-order valence-electron chi connectivity index (χ1n) is 15.5. The second-order valence-electron chi connectivity index (χ2n) is 12.0. The minimum atomic E-state index is -4.03. The maximum absolute atomic E-state index is 14.2. The van der Waals surface area contributed by atoms with E-state index < -0.39 is 43.5 Å². The Morgan fingerprint density at radius 2 is 1.85 bits per heavy atom. The van der Waals surface area contributed by atoms with E-state index in [0.29, 0.717) is 29.5 Å². The second-order valence-corrected chi connectivity index (χ2v) is 13.6. The van der Waals surface area contributed by atoms with Crippen molar-refractivity contribution in [2.24, 2.45) is 5.92 Å². The molecule has 0 unspecified atom stereocenters. The first-order valence-corrected chi connectivity index (χ1v) is 17.0. The fraction of sp³-hybridized carbons (Fsp3) is 0.581. The van der Waals surface area contributed by atoms with Gasteiger partial charge in [0.1, 0.15) is 48.8 Å². The Balaban J connectivity index is 1.33. The number of nitrogens with one attached hydrogen (secondary N) is 1. The first kappa shape index (κ1) is 34.2. The van der Waals surface area contributed by atoms with Crippen LogP contribution in [0.5, 0.6) is 5.75 Å². The van der Waals surface area contributed by atoms with Gasteiger partial charge in [-0.3, -0.25) is 4.52 Å². The summed E-state index contributed by atoms with van der Waals surface area (Å²) in [5, 5.41) is 17.9. The number of nitrogens with zero attached hydrogens (tertiary/aromatic N) is 4. The van der Waals surface area contributed by atoms with Crippen molar-refractivity contribution in [1.82, 2.24) is 19.7 Å². The molecule has 0 bridgehead atoms.